The molecule has 314 valence electrons. The molecule has 0 saturated carbocycles. The molecule has 4 rings (SSSR count). The molecule has 1 aromatic carbocycles. The lowest BCUT2D eigenvalue weighted by molar-refractivity contribution is -0.164. The standard InChI is InChI=1S/C43H63N5O8S/c1-10-25(3)37-41(53)48-20-12-13-33(48)42(54)56-35(43(6,7)8)23-28(11-2)22-34(49)26(4)40-45-30(24-57-40)16-19-36(50)46-32(39(52)44-27(5)38(51)47-37)21-29-14-17-31(55-9)18-15-29/h2,14-15,17-18,25-28,30,32-35,37,49H,10,12-13,16,19-24H2,1,3-9H3,(H,44,52)(H,46,50)(H,47,51)/t25-,26+,27-,28-,30+,32-,33-,34-,35-,37-/m0/s1. The quantitative estimate of drug-likeness (QED) is 0.253. The number of hydrogen-bond acceptors (Lipinski definition) is 10. The summed E-state index contributed by atoms with van der Waals surface area (Å²) in [7, 11) is 1.56. The van der Waals surface area contributed by atoms with Gasteiger partial charge in [-0.1, -0.05) is 60.1 Å². The van der Waals surface area contributed by atoms with Gasteiger partial charge in [-0.25, -0.2) is 4.79 Å². The smallest absolute Gasteiger partial charge is 0.329 e. The fraction of sp³-hybridized carbons (Fsp3) is 0.674. The summed E-state index contributed by atoms with van der Waals surface area (Å²) in [4.78, 5) is 75.5. The number of thioether (sulfide) groups is 1. The van der Waals surface area contributed by atoms with Gasteiger partial charge in [-0.2, -0.15) is 0 Å². The van der Waals surface area contributed by atoms with E-state index in [0.717, 1.165) is 10.6 Å². The fourth-order valence-corrected chi connectivity index (χ4v) is 8.59. The molecule has 14 heteroatoms. The van der Waals surface area contributed by atoms with Crippen LogP contribution in [-0.2, 0) is 35.1 Å². The lowest BCUT2D eigenvalue weighted by Gasteiger charge is -2.35. The van der Waals surface area contributed by atoms with Crippen LogP contribution in [0.4, 0.5) is 0 Å². The van der Waals surface area contributed by atoms with Gasteiger partial charge in [0.1, 0.15) is 36.0 Å². The Hall–Kier alpha value is -4.09. The van der Waals surface area contributed by atoms with E-state index in [-0.39, 0.29) is 43.0 Å². The third kappa shape index (κ3) is 12.5. The zero-order valence-electron chi connectivity index (χ0n) is 34.8. The van der Waals surface area contributed by atoms with Crippen molar-refractivity contribution in [2.45, 2.75) is 142 Å². The second kappa shape index (κ2) is 20.6. The highest BCUT2D eigenvalue weighted by atomic mass is 32.2. The fourth-order valence-electron chi connectivity index (χ4n) is 7.35. The largest absolute Gasteiger partial charge is 0.497 e. The van der Waals surface area contributed by atoms with Gasteiger partial charge >= 0.3 is 5.97 Å². The molecule has 1 saturated heterocycles. The molecule has 1 aromatic rings. The van der Waals surface area contributed by atoms with E-state index in [1.54, 1.807) is 31.0 Å². The summed E-state index contributed by atoms with van der Waals surface area (Å²) >= 11 is 1.55. The number of esters is 1. The number of terminal acetylenes is 1. The second-order valence-electron chi connectivity index (χ2n) is 16.9. The Morgan fingerprint density at radius 1 is 1.05 bits per heavy atom. The van der Waals surface area contributed by atoms with Crippen LogP contribution in [0.3, 0.4) is 0 Å². The van der Waals surface area contributed by atoms with E-state index in [4.69, 9.17) is 20.9 Å². The van der Waals surface area contributed by atoms with Crippen molar-refractivity contribution >= 4 is 46.4 Å². The molecule has 57 heavy (non-hydrogen) atoms. The van der Waals surface area contributed by atoms with E-state index in [9.17, 15) is 29.1 Å². The number of rotatable bonds is 5. The summed E-state index contributed by atoms with van der Waals surface area (Å²) in [5.74, 6) is 0.720. The molecular formula is C43H63N5O8S. The first-order valence-electron chi connectivity index (χ1n) is 20.3. The average molecular weight is 810 g/mol. The van der Waals surface area contributed by atoms with Gasteiger partial charge in [0.2, 0.25) is 23.6 Å². The number of nitrogens with zero attached hydrogens (tertiary/aromatic N) is 2. The number of cyclic esters (lactones) is 1. The van der Waals surface area contributed by atoms with Gasteiger partial charge in [0.05, 0.1) is 24.3 Å². The van der Waals surface area contributed by atoms with Crippen molar-refractivity contribution in [2.75, 3.05) is 19.4 Å². The van der Waals surface area contributed by atoms with Crippen LogP contribution in [0.2, 0.25) is 0 Å². The van der Waals surface area contributed by atoms with E-state index >= 15 is 0 Å². The number of carbonyl (C=O) groups is 5. The minimum atomic E-state index is -1.06. The van der Waals surface area contributed by atoms with Crippen LogP contribution >= 0.6 is 11.8 Å². The first-order chi connectivity index (χ1) is 26.9. The van der Waals surface area contributed by atoms with Gasteiger partial charge in [-0.15, -0.1) is 24.1 Å². The Morgan fingerprint density at radius 2 is 1.75 bits per heavy atom. The highest BCUT2D eigenvalue weighted by molar-refractivity contribution is 8.14. The number of benzene rings is 1. The molecular weight excluding hydrogens is 747 g/mol. The second-order valence-corrected chi connectivity index (χ2v) is 18.0. The van der Waals surface area contributed by atoms with Crippen molar-refractivity contribution in [3.05, 3.63) is 29.8 Å². The molecule has 3 aliphatic heterocycles. The number of nitrogens with one attached hydrogen (secondary N) is 3. The number of amides is 4. The van der Waals surface area contributed by atoms with Crippen LogP contribution < -0.4 is 20.7 Å². The van der Waals surface area contributed by atoms with Crippen molar-refractivity contribution < 1.29 is 38.6 Å². The molecule has 3 aliphatic rings. The molecule has 0 aromatic heterocycles. The van der Waals surface area contributed by atoms with Crippen LogP contribution in [0.1, 0.15) is 99.0 Å². The van der Waals surface area contributed by atoms with Gasteiger partial charge in [0.15, 0.2) is 0 Å². The molecule has 4 N–H and O–H groups in total. The topological polar surface area (TPSA) is 176 Å². The number of aliphatic imine (C=N–C) groups is 1. The first-order valence-corrected chi connectivity index (χ1v) is 21.3. The maximum atomic E-state index is 14.3. The van der Waals surface area contributed by atoms with Gasteiger partial charge in [0.25, 0.3) is 0 Å². The Morgan fingerprint density at radius 3 is 2.39 bits per heavy atom. The number of aliphatic hydroxyl groups is 1. The van der Waals surface area contributed by atoms with Crippen LogP contribution in [0.25, 0.3) is 0 Å². The van der Waals surface area contributed by atoms with E-state index < -0.39 is 71.4 Å². The molecule has 1 fully saturated rings. The van der Waals surface area contributed by atoms with E-state index in [1.807, 2.05) is 53.7 Å². The van der Waals surface area contributed by atoms with Crippen LogP contribution in [0.5, 0.6) is 5.75 Å². The zero-order chi connectivity index (χ0) is 42.0. The molecule has 0 radical (unpaired) electrons. The Bertz CT molecular complexity index is 1660. The predicted molar refractivity (Wildman–Crippen MR) is 221 cm³/mol. The molecule has 0 aliphatic carbocycles. The molecule has 13 nitrogen and oxygen atoms in total. The number of fused-ring (bicyclic) bond motifs is 2. The molecule has 4 amide bonds. The summed E-state index contributed by atoms with van der Waals surface area (Å²) in [6.45, 7) is 13.4. The van der Waals surface area contributed by atoms with Crippen molar-refractivity contribution in [3.63, 3.8) is 0 Å². The van der Waals surface area contributed by atoms with Crippen molar-refractivity contribution in [3.8, 4) is 18.1 Å². The van der Waals surface area contributed by atoms with Crippen molar-refractivity contribution in [2.24, 2.45) is 28.2 Å². The maximum absolute atomic E-state index is 14.3. The van der Waals surface area contributed by atoms with E-state index in [1.165, 1.54) is 11.8 Å². The van der Waals surface area contributed by atoms with Gasteiger partial charge in [-0.05, 0) is 68.1 Å². The third-order valence-corrected chi connectivity index (χ3v) is 12.8. The highest BCUT2D eigenvalue weighted by Crippen LogP contribution is 2.34. The van der Waals surface area contributed by atoms with Crippen LogP contribution in [0, 0.1) is 35.5 Å². The normalized spacial score (nSPS) is 30.9. The molecule has 0 unspecified atom stereocenters. The summed E-state index contributed by atoms with van der Waals surface area (Å²) in [6.07, 6.45) is 7.47. The third-order valence-electron chi connectivity index (χ3n) is 11.5. The Labute approximate surface area is 342 Å². The average Bonchev–Trinajstić information content (AvgIpc) is 3.87. The SMILES string of the molecule is C#C[C@@H]1C[C@@H](C(C)(C)C)OC(=O)[C@@H]2CCCN2C(=O)[C@H]([C@@H](C)CC)NC(=O)[C@H](C)NC(=O)[C@H](Cc2ccc(OC)cc2)NC(=O)CC[C@@H]2CSC(=N2)[C@H](C)[C@@H](O)C1. The minimum absolute atomic E-state index is 0.115. The van der Waals surface area contributed by atoms with E-state index in [0.29, 0.717) is 50.2 Å². The van der Waals surface area contributed by atoms with Crippen LogP contribution in [-0.4, -0.2) is 106 Å². The van der Waals surface area contributed by atoms with Gasteiger partial charge in [-0.3, -0.25) is 24.2 Å². The maximum Gasteiger partial charge on any atom is 0.329 e. The minimum Gasteiger partial charge on any atom is -0.497 e. The van der Waals surface area contributed by atoms with Crippen molar-refractivity contribution in [1.82, 2.24) is 20.9 Å². The van der Waals surface area contributed by atoms with Gasteiger partial charge in [0, 0.05) is 37.0 Å². The Balaban J connectivity index is 1.65. The Kier molecular flexibility index (Phi) is 16.4. The highest BCUT2D eigenvalue weighted by Gasteiger charge is 2.43. The number of ether oxygens (including phenoxy) is 2. The van der Waals surface area contributed by atoms with Gasteiger partial charge < -0.3 is 35.4 Å². The number of aliphatic hydroxyl groups excluding tert-OH is 1. The lowest BCUT2D eigenvalue weighted by atomic mass is 9.81. The van der Waals surface area contributed by atoms with Crippen molar-refractivity contribution in [1.29, 1.82) is 0 Å². The first kappa shape index (κ1) is 45.6. The van der Waals surface area contributed by atoms with Crippen LogP contribution in [0.15, 0.2) is 29.3 Å². The molecule has 3 heterocycles. The molecule has 10 atom stereocenters. The monoisotopic (exact) mass is 809 g/mol. The van der Waals surface area contributed by atoms with E-state index in [2.05, 4.69) is 21.9 Å². The predicted octanol–water partition coefficient (Wildman–Crippen LogP) is 4.04. The number of methoxy groups -OCH3 is 1. The molecule has 0 spiro atoms. The lowest BCUT2D eigenvalue weighted by Crippen LogP contribution is -2.59. The summed E-state index contributed by atoms with van der Waals surface area (Å²) < 4.78 is 11.5. The summed E-state index contributed by atoms with van der Waals surface area (Å²) in [5, 5.41) is 20.7. The summed E-state index contributed by atoms with van der Waals surface area (Å²) in [5.41, 5.74) is 0.276. The summed E-state index contributed by atoms with van der Waals surface area (Å²) in [6, 6.07) is 3.12. The number of hydrogen-bond donors (Lipinski definition) is 4. The zero-order valence-corrected chi connectivity index (χ0v) is 35.7. The number of carbonyl (C=O) groups excluding carboxylic acids is 5. The molecule has 2 bridgehead atoms.